The van der Waals surface area contributed by atoms with E-state index >= 15 is 0 Å². The third kappa shape index (κ3) is 4.49. The van der Waals surface area contributed by atoms with E-state index in [1.54, 1.807) is 12.3 Å². The van der Waals surface area contributed by atoms with Gasteiger partial charge in [0.05, 0.1) is 0 Å². The van der Waals surface area contributed by atoms with Gasteiger partial charge in [-0.15, -0.1) is 0 Å². The minimum absolute atomic E-state index is 0.193. The Bertz CT molecular complexity index is 849. The molecule has 1 amide bonds. The molecule has 7 heteroatoms. The number of nitrogens with two attached hydrogens (primary N) is 1. The molecule has 27 heavy (non-hydrogen) atoms. The first-order chi connectivity index (χ1) is 12.7. The maximum atomic E-state index is 10.9. The highest BCUT2D eigenvalue weighted by molar-refractivity contribution is 5.88. The Morgan fingerprint density at radius 1 is 1.41 bits per heavy atom. The first-order valence-corrected chi connectivity index (χ1v) is 8.92. The summed E-state index contributed by atoms with van der Waals surface area (Å²) in [6.45, 7) is 7.01. The molecule has 4 N–H and O–H groups in total. The molecule has 3 rings (SSSR count). The number of amides is 1. The molecule has 0 radical (unpaired) electrons. The first-order valence-electron chi connectivity index (χ1n) is 8.92. The average Bonchev–Trinajstić information content (AvgIpc) is 2.58. The number of rotatable bonds is 6. The summed E-state index contributed by atoms with van der Waals surface area (Å²) >= 11 is 0. The van der Waals surface area contributed by atoms with E-state index in [1.807, 2.05) is 25.1 Å². The number of carboxylic acid groups (broad SMARTS) is 1. The fourth-order valence-corrected chi connectivity index (χ4v) is 3.43. The number of hydrogen-bond acceptors (Lipinski definition) is 5. The molecule has 0 bridgehead atoms. The van der Waals surface area contributed by atoms with Gasteiger partial charge >= 0.3 is 6.09 Å². The molecule has 1 atom stereocenters. The Balaban J connectivity index is 1.81. The number of hydrogen-bond donors (Lipinski definition) is 3. The highest BCUT2D eigenvalue weighted by atomic mass is 16.5. The van der Waals surface area contributed by atoms with Gasteiger partial charge in [-0.3, -0.25) is 5.32 Å². The summed E-state index contributed by atoms with van der Waals surface area (Å²) in [6, 6.07) is 7.59. The standard InChI is InChI=1S/C20H25N3O4/c1-12(2)9-20(3,21)11-27-14-4-5-15-13(8-14)10-26-17-16(15)6-7-22-18(17)23-19(24)25/h4-8,12H,9-11,21H2,1-3H3,(H,22,23)(H,24,25). The lowest BCUT2D eigenvalue weighted by Gasteiger charge is -2.27. The predicted octanol–water partition coefficient (Wildman–Crippen LogP) is 3.87. The zero-order valence-corrected chi connectivity index (χ0v) is 15.8. The number of fused-ring (bicyclic) bond motifs is 3. The molecular weight excluding hydrogens is 346 g/mol. The number of ether oxygens (including phenoxy) is 2. The van der Waals surface area contributed by atoms with Crippen LogP contribution in [0.3, 0.4) is 0 Å². The quantitative estimate of drug-likeness (QED) is 0.711. The summed E-state index contributed by atoms with van der Waals surface area (Å²) in [5, 5.41) is 11.2. The summed E-state index contributed by atoms with van der Waals surface area (Å²) in [6.07, 6.45) is 1.25. The van der Waals surface area contributed by atoms with Crippen molar-refractivity contribution >= 4 is 11.9 Å². The minimum atomic E-state index is -1.18. The highest BCUT2D eigenvalue weighted by Gasteiger charge is 2.24. The van der Waals surface area contributed by atoms with Gasteiger partial charge in [0.1, 0.15) is 19.0 Å². The van der Waals surface area contributed by atoms with Crippen molar-refractivity contribution in [2.45, 2.75) is 39.3 Å². The molecule has 2 heterocycles. The lowest BCUT2D eigenvalue weighted by atomic mass is 9.93. The van der Waals surface area contributed by atoms with Gasteiger partial charge in [0, 0.05) is 22.9 Å². The van der Waals surface area contributed by atoms with Crippen molar-refractivity contribution in [1.82, 2.24) is 4.98 Å². The fraction of sp³-hybridized carbons (Fsp3) is 0.400. The molecule has 0 fully saturated rings. The number of aromatic nitrogens is 1. The zero-order valence-electron chi connectivity index (χ0n) is 15.8. The lowest BCUT2D eigenvalue weighted by Crippen LogP contribution is -2.43. The van der Waals surface area contributed by atoms with Crippen molar-refractivity contribution in [3.63, 3.8) is 0 Å². The van der Waals surface area contributed by atoms with Crippen LogP contribution in [0.1, 0.15) is 32.8 Å². The molecule has 0 saturated carbocycles. The van der Waals surface area contributed by atoms with Crippen LogP contribution in [0.4, 0.5) is 10.6 Å². The monoisotopic (exact) mass is 371 g/mol. The molecule has 1 unspecified atom stereocenters. The second kappa shape index (κ2) is 7.44. The van der Waals surface area contributed by atoms with Gasteiger partial charge in [-0.2, -0.15) is 0 Å². The van der Waals surface area contributed by atoms with Crippen LogP contribution in [-0.4, -0.2) is 28.3 Å². The van der Waals surface area contributed by atoms with Gasteiger partial charge < -0.3 is 20.3 Å². The molecule has 0 spiro atoms. The van der Waals surface area contributed by atoms with Crippen LogP contribution in [0.25, 0.3) is 11.1 Å². The predicted molar refractivity (Wildman–Crippen MR) is 103 cm³/mol. The molecule has 144 valence electrons. The van der Waals surface area contributed by atoms with Crippen molar-refractivity contribution in [1.29, 1.82) is 0 Å². The van der Waals surface area contributed by atoms with Crippen molar-refractivity contribution in [2.75, 3.05) is 11.9 Å². The molecule has 7 nitrogen and oxygen atoms in total. The third-order valence-corrected chi connectivity index (χ3v) is 4.31. The summed E-state index contributed by atoms with van der Waals surface area (Å²) in [4.78, 5) is 15.0. The Morgan fingerprint density at radius 2 is 2.19 bits per heavy atom. The van der Waals surface area contributed by atoms with E-state index in [0.717, 1.165) is 28.9 Å². The van der Waals surface area contributed by atoms with Crippen molar-refractivity contribution in [2.24, 2.45) is 11.7 Å². The Hall–Kier alpha value is -2.80. The number of benzene rings is 1. The second-order valence-corrected chi connectivity index (χ2v) is 7.61. The minimum Gasteiger partial charge on any atom is -0.492 e. The Morgan fingerprint density at radius 3 is 2.89 bits per heavy atom. The van der Waals surface area contributed by atoms with Crippen molar-refractivity contribution in [3.8, 4) is 22.6 Å². The van der Waals surface area contributed by atoms with E-state index in [-0.39, 0.29) is 5.82 Å². The molecule has 1 aromatic carbocycles. The van der Waals surface area contributed by atoms with E-state index in [2.05, 4.69) is 24.1 Å². The average molecular weight is 371 g/mol. The van der Waals surface area contributed by atoms with Gasteiger partial charge in [-0.1, -0.05) is 19.9 Å². The number of anilines is 1. The van der Waals surface area contributed by atoms with Crippen LogP contribution in [0.2, 0.25) is 0 Å². The summed E-state index contributed by atoms with van der Waals surface area (Å²) in [5.74, 6) is 1.87. The SMILES string of the molecule is CC(C)CC(C)(N)COc1ccc2c(c1)COc1c-2ccnc1NC(=O)O. The van der Waals surface area contributed by atoms with E-state index < -0.39 is 11.6 Å². The first kappa shape index (κ1) is 19.0. The van der Waals surface area contributed by atoms with Crippen LogP contribution in [0, 0.1) is 5.92 Å². The molecule has 1 aliphatic rings. The zero-order chi connectivity index (χ0) is 19.6. The maximum Gasteiger partial charge on any atom is 0.410 e. The molecule has 1 aromatic heterocycles. The number of pyridine rings is 1. The third-order valence-electron chi connectivity index (χ3n) is 4.31. The molecule has 2 aromatic rings. The van der Waals surface area contributed by atoms with E-state index in [1.165, 1.54) is 0 Å². The van der Waals surface area contributed by atoms with Gasteiger partial charge in [0.2, 0.25) is 0 Å². The smallest absolute Gasteiger partial charge is 0.410 e. The molecule has 0 saturated heterocycles. The highest BCUT2D eigenvalue weighted by Crippen LogP contribution is 2.42. The normalized spacial score (nSPS) is 14.6. The van der Waals surface area contributed by atoms with E-state index in [9.17, 15) is 4.79 Å². The Kier molecular flexibility index (Phi) is 5.23. The van der Waals surface area contributed by atoms with E-state index in [0.29, 0.717) is 24.9 Å². The fourth-order valence-electron chi connectivity index (χ4n) is 3.43. The van der Waals surface area contributed by atoms with Crippen LogP contribution in [0.5, 0.6) is 11.5 Å². The van der Waals surface area contributed by atoms with Gasteiger partial charge in [0.15, 0.2) is 11.6 Å². The van der Waals surface area contributed by atoms with Crippen LogP contribution < -0.4 is 20.5 Å². The summed E-state index contributed by atoms with van der Waals surface area (Å²) < 4.78 is 11.7. The number of carbonyl (C=O) groups is 1. The number of nitrogens with zero attached hydrogens (tertiary/aromatic N) is 1. The van der Waals surface area contributed by atoms with Gasteiger partial charge in [-0.05, 0) is 43.0 Å². The van der Waals surface area contributed by atoms with E-state index in [4.69, 9.17) is 20.3 Å². The van der Waals surface area contributed by atoms with Gasteiger partial charge in [0.25, 0.3) is 0 Å². The van der Waals surface area contributed by atoms with Crippen LogP contribution >= 0.6 is 0 Å². The van der Waals surface area contributed by atoms with Crippen LogP contribution in [-0.2, 0) is 6.61 Å². The molecule has 0 aliphatic carbocycles. The lowest BCUT2D eigenvalue weighted by molar-refractivity contribution is 0.206. The molecular formula is C20H25N3O4. The summed E-state index contributed by atoms with van der Waals surface area (Å²) in [7, 11) is 0. The Labute approximate surface area is 158 Å². The summed E-state index contributed by atoms with van der Waals surface area (Å²) in [5.41, 5.74) is 8.65. The maximum absolute atomic E-state index is 10.9. The molecule has 1 aliphatic heterocycles. The van der Waals surface area contributed by atoms with Crippen LogP contribution in [0.15, 0.2) is 30.5 Å². The topological polar surface area (TPSA) is 107 Å². The second-order valence-electron chi connectivity index (χ2n) is 7.61. The largest absolute Gasteiger partial charge is 0.492 e. The van der Waals surface area contributed by atoms with Crippen molar-refractivity contribution < 1.29 is 19.4 Å². The van der Waals surface area contributed by atoms with Crippen molar-refractivity contribution in [3.05, 3.63) is 36.0 Å². The number of nitrogens with one attached hydrogen (secondary N) is 1. The van der Waals surface area contributed by atoms with Gasteiger partial charge in [-0.25, -0.2) is 9.78 Å².